The Morgan fingerprint density at radius 1 is 0.844 bits per heavy atom. The summed E-state index contributed by atoms with van der Waals surface area (Å²) in [6, 6.07) is 17.0. The van der Waals surface area contributed by atoms with E-state index in [4.69, 9.17) is 4.74 Å². The van der Waals surface area contributed by atoms with Crippen LogP contribution in [0.5, 0.6) is 5.75 Å². The van der Waals surface area contributed by atoms with Crippen molar-refractivity contribution in [2.75, 3.05) is 37.6 Å². The molecule has 4 rings (SSSR count). The van der Waals surface area contributed by atoms with Crippen LogP contribution in [0.25, 0.3) is 0 Å². The Hall–Kier alpha value is -2.24. The van der Waals surface area contributed by atoms with Gasteiger partial charge in [-0.15, -0.1) is 12.4 Å². The highest BCUT2D eigenvalue weighted by atomic mass is 35.5. The number of hydrogen-bond donors (Lipinski definition) is 0. The van der Waals surface area contributed by atoms with Crippen LogP contribution in [-0.4, -0.2) is 54.5 Å². The number of likely N-dealkylation sites (tertiary alicyclic amines) is 1. The molecule has 2 aliphatic rings. The Balaban J connectivity index is 0.00000289. The molecule has 6 heteroatoms. The topological polar surface area (TPSA) is 36.0 Å². The number of ether oxygens (including phenoxy) is 1. The highest BCUT2D eigenvalue weighted by Gasteiger charge is 2.22. The van der Waals surface area contributed by atoms with Crippen LogP contribution in [0.1, 0.15) is 44.2 Å². The summed E-state index contributed by atoms with van der Waals surface area (Å²) < 4.78 is 6.03. The second-order valence-electron chi connectivity index (χ2n) is 8.94. The van der Waals surface area contributed by atoms with Gasteiger partial charge in [0.2, 0.25) is 5.91 Å². The molecule has 0 atom stereocenters. The summed E-state index contributed by atoms with van der Waals surface area (Å²) in [5.74, 6) is 1.28. The number of hydrogen-bond acceptors (Lipinski definition) is 4. The predicted octanol–water partition coefficient (Wildman–Crippen LogP) is 4.73. The summed E-state index contributed by atoms with van der Waals surface area (Å²) in [7, 11) is 0. The minimum atomic E-state index is 0. The van der Waals surface area contributed by atoms with Gasteiger partial charge < -0.3 is 14.5 Å². The number of carbonyl (C=O) groups excluding carboxylic acids is 1. The maximum absolute atomic E-state index is 12.3. The third-order valence-corrected chi connectivity index (χ3v) is 6.24. The minimum absolute atomic E-state index is 0. The van der Waals surface area contributed by atoms with Gasteiger partial charge in [-0.25, -0.2) is 0 Å². The molecule has 0 aliphatic carbocycles. The van der Waals surface area contributed by atoms with Crippen LogP contribution < -0.4 is 9.64 Å². The van der Waals surface area contributed by atoms with Crippen LogP contribution in [0.15, 0.2) is 48.5 Å². The summed E-state index contributed by atoms with van der Waals surface area (Å²) in [5.41, 5.74) is 3.83. The molecule has 0 bridgehead atoms. The Labute approximate surface area is 198 Å². The number of rotatable bonds is 7. The van der Waals surface area contributed by atoms with Gasteiger partial charge in [0.05, 0.1) is 11.8 Å². The lowest BCUT2D eigenvalue weighted by atomic mass is 10.0. The summed E-state index contributed by atoms with van der Waals surface area (Å²) >= 11 is 0. The maximum Gasteiger partial charge on any atom is 0.222 e. The lowest BCUT2D eigenvalue weighted by molar-refractivity contribution is -0.133. The number of halogens is 1. The summed E-state index contributed by atoms with van der Waals surface area (Å²) in [6.07, 6.45) is 3.03. The lowest BCUT2D eigenvalue weighted by Gasteiger charge is -2.37. The highest BCUT2D eigenvalue weighted by Crippen LogP contribution is 2.30. The standard InChI is InChI=1S/C26H35N3O2.ClH/c1-21(2)31-25-12-6-5-11-24(25)28-17-15-27(16-18-28)19-22-9-3-4-10-23(22)20-29-14-8-7-13-26(29)30;/h3-6,9-12,21H,7-8,13-20H2,1-2H3;1H. The number of anilines is 1. The molecule has 2 aliphatic heterocycles. The van der Waals surface area contributed by atoms with Crippen molar-refractivity contribution in [3.63, 3.8) is 0 Å². The molecule has 2 aromatic carbocycles. The fourth-order valence-corrected chi connectivity index (χ4v) is 4.56. The van der Waals surface area contributed by atoms with Gasteiger partial charge in [-0.2, -0.15) is 0 Å². The van der Waals surface area contributed by atoms with Gasteiger partial charge in [0.25, 0.3) is 0 Å². The van der Waals surface area contributed by atoms with Gasteiger partial charge >= 0.3 is 0 Å². The van der Waals surface area contributed by atoms with Crippen molar-refractivity contribution in [3.05, 3.63) is 59.7 Å². The molecule has 0 radical (unpaired) electrons. The van der Waals surface area contributed by atoms with Crippen LogP contribution >= 0.6 is 12.4 Å². The van der Waals surface area contributed by atoms with Gasteiger partial charge in [-0.3, -0.25) is 9.69 Å². The molecule has 1 amide bonds. The number of amides is 1. The second-order valence-corrected chi connectivity index (χ2v) is 8.94. The largest absolute Gasteiger partial charge is 0.489 e. The zero-order valence-electron chi connectivity index (χ0n) is 19.3. The quantitative estimate of drug-likeness (QED) is 0.602. The molecule has 2 aromatic rings. The van der Waals surface area contributed by atoms with E-state index in [0.29, 0.717) is 12.3 Å². The third kappa shape index (κ3) is 6.17. The summed E-state index contributed by atoms with van der Waals surface area (Å²) in [5, 5.41) is 0. The second kappa shape index (κ2) is 11.6. The molecule has 0 aromatic heterocycles. The number of nitrogens with zero attached hydrogens (tertiary/aromatic N) is 3. The number of piperidine rings is 1. The van der Waals surface area contributed by atoms with Crippen molar-refractivity contribution in [2.24, 2.45) is 0 Å². The van der Waals surface area contributed by atoms with Crippen LogP contribution in [-0.2, 0) is 17.9 Å². The van der Waals surface area contributed by atoms with Crippen LogP contribution in [0.3, 0.4) is 0 Å². The van der Waals surface area contributed by atoms with Crippen molar-refractivity contribution in [1.82, 2.24) is 9.80 Å². The first-order valence-corrected chi connectivity index (χ1v) is 11.7. The van der Waals surface area contributed by atoms with Crippen molar-refractivity contribution >= 4 is 24.0 Å². The maximum atomic E-state index is 12.3. The average Bonchev–Trinajstić information content (AvgIpc) is 2.77. The fourth-order valence-electron chi connectivity index (χ4n) is 4.56. The van der Waals surface area contributed by atoms with Gasteiger partial charge in [-0.05, 0) is 49.9 Å². The number of para-hydroxylation sites is 2. The highest BCUT2D eigenvalue weighted by molar-refractivity contribution is 5.85. The molecule has 2 fully saturated rings. The summed E-state index contributed by atoms with van der Waals surface area (Å²) in [4.78, 5) is 19.3. The molecule has 0 N–H and O–H groups in total. The van der Waals surface area contributed by atoms with E-state index in [2.05, 4.69) is 66.1 Å². The molecule has 0 saturated carbocycles. The van der Waals surface area contributed by atoms with E-state index in [9.17, 15) is 4.79 Å². The third-order valence-electron chi connectivity index (χ3n) is 6.24. The first-order valence-electron chi connectivity index (χ1n) is 11.7. The average molecular weight is 458 g/mol. The normalized spacial score (nSPS) is 17.4. The molecule has 2 saturated heterocycles. The van der Waals surface area contributed by atoms with E-state index in [1.165, 1.54) is 16.8 Å². The molecule has 0 unspecified atom stereocenters. The molecule has 2 heterocycles. The van der Waals surface area contributed by atoms with Crippen molar-refractivity contribution in [2.45, 2.75) is 52.3 Å². The monoisotopic (exact) mass is 457 g/mol. The van der Waals surface area contributed by atoms with E-state index in [1.54, 1.807) is 0 Å². The molecule has 32 heavy (non-hydrogen) atoms. The first kappa shape index (κ1) is 24.4. The van der Waals surface area contributed by atoms with Gasteiger partial charge in [0.15, 0.2) is 0 Å². The SMILES string of the molecule is CC(C)Oc1ccccc1N1CCN(Cc2ccccc2CN2CCCCC2=O)CC1.Cl. The predicted molar refractivity (Wildman–Crippen MR) is 133 cm³/mol. The van der Waals surface area contributed by atoms with Gasteiger partial charge in [0, 0.05) is 52.2 Å². The zero-order valence-corrected chi connectivity index (χ0v) is 20.2. The Bertz CT molecular complexity index is 881. The summed E-state index contributed by atoms with van der Waals surface area (Å²) in [6.45, 7) is 10.7. The Morgan fingerprint density at radius 2 is 1.50 bits per heavy atom. The number of piperazine rings is 1. The van der Waals surface area contributed by atoms with E-state index in [1.807, 2.05) is 11.0 Å². The van der Waals surface area contributed by atoms with Crippen molar-refractivity contribution in [1.29, 1.82) is 0 Å². The van der Waals surface area contributed by atoms with E-state index < -0.39 is 0 Å². The van der Waals surface area contributed by atoms with Crippen LogP contribution in [0, 0.1) is 0 Å². The smallest absolute Gasteiger partial charge is 0.222 e. The van der Waals surface area contributed by atoms with Crippen molar-refractivity contribution < 1.29 is 9.53 Å². The Morgan fingerprint density at radius 3 is 2.19 bits per heavy atom. The van der Waals surface area contributed by atoms with Gasteiger partial charge in [-0.1, -0.05) is 36.4 Å². The lowest BCUT2D eigenvalue weighted by Crippen LogP contribution is -2.46. The van der Waals surface area contributed by atoms with Crippen molar-refractivity contribution in [3.8, 4) is 5.75 Å². The van der Waals surface area contributed by atoms with E-state index >= 15 is 0 Å². The Kier molecular flexibility index (Phi) is 8.83. The zero-order chi connectivity index (χ0) is 21.6. The van der Waals surface area contributed by atoms with Crippen LogP contribution in [0.4, 0.5) is 5.69 Å². The fraction of sp³-hybridized carbons (Fsp3) is 0.500. The molecule has 5 nitrogen and oxygen atoms in total. The van der Waals surface area contributed by atoms with Crippen LogP contribution in [0.2, 0.25) is 0 Å². The van der Waals surface area contributed by atoms with Gasteiger partial charge in [0.1, 0.15) is 5.75 Å². The first-order chi connectivity index (χ1) is 15.1. The van der Waals surface area contributed by atoms with E-state index in [0.717, 1.165) is 64.4 Å². The van der Waals surface area contributed by atoms with E-state index in [-0.39, 0.29) is 18.5 Å². The number of benzene rings is 2. The molecular formula is C26H36ClN3O2. The molecule has 174 valence electrons. The molecule has 0 spiro atoms. The molecular weight excluding hydrogens is 422 g/mol. The minimum Gasteiger partial charge on any atom is -0.489 e. The number of carbonyl (C=O) groups is 1.